The van der Waals surface area contributed by atoms with Gasteiger partial charge >= 0.3 is 11.9 Å². The minimum absolute atomic E-state index is 0.0948. The van der Waals surface area contributed by atoms with Crippen molar-refractivity contribution < 1.29 is 29.3 Å². The average molecular weight is 625 g/mol. The van der Waals surface area contributed by atoms with Gasteiger partial charge in [-0.2, -0.15) is 0 Å². The van der Waals surface area contributed by atoms with Crippen LogP contribution in [0.25, 0.3) is 29.9 Å². The number of aliphatic carboxylic acids is 1. The van der Waals surface area contributed by atoms with Crippen molar-refractivity contribution in [3.05, 3.63) is 84.8 Å². The number of esters is 1. The van der Waals surface area contributed by atoms with Gasteiger partial charge in [0.25, 0.3) is 0 Å². The summed E-state index contributed by atoms with van der Waals surface area (Å²) in [5.41, 5.74) is 10.9. The van der Waals surface area contributed by atoms with E-state index in [0.717, 1.165) is 73.4 Å². The van der Waals surface area contributed by atoms with E-state index in [2.05, 4.69) is 52.8 Å². The highest BCUT2D eigenvalue weighted by molar-refractivity contribution is 5.97. The molecule has 8 bridgehead atoms. The summed E-state index contributed by atoms with van der Waals surface area (Å²) < 4.78 is 11.6. The van der Waals surface area contributed by atoms with Crippen molar-refractivity contribution >= 4 is 41.8 Å². The molecule has 1 aliphatic carbocycles. The number of fused-ring (bicyclic) bond motifs is 8. The summed E-state index contributed by atoms with van der Waals surface area (Å²) in [5, 5.41) is 26.1. The molecule has 2 fully saturated rings. The molecule has 0 aromatic carbocycles. The number of methoxy groups -OCH3 is 1. The second-order valence-corrected chi connectivity index (χ2v) is 12.8. The third-order valence-corrected chi connectivity index (χ3v) is 10.6. The molecule has 2 saturated heterocycles. The lowest BCUT2D eigenvalue weighted by molar-refractivity contribution is -0.145. The van der Waals surface area contributed by atoms with E-state index >= 15 is 0 Å². The van der Waals surface area contributed by atoms with E-state index in [9.17, 15) is 19.8 Å². The van der Waals surface area contributed by atoms with Crippen LogP contribution < -0.4 is 16.0 Å². The predicted octanol–water partition coefficient (Wildman–Crippen LogP) is 3.25. The van der Waals surface area contributed by atoms with Crippen molar-refractivity contribution in [1.29, 1.82) is 0 Å². The number of ether oxygens (including phenoxy) is 2. The molecule has 3 aromatic rings. The third-order valence-electron chi connectivity index (χ3n) is 10.6. The first kappa shape index (κ1) is 30.1. The highest BCUT2D eigenvalue weighted by atomic mass is 16.6. The molecular formula is C36H40N4O6. The number of rotatable bonds is 7. The Balaban J connectivity index is 1.60. The van der Waals surface area contributed by atoms with Crippen LogP contribution in [-0.4, -0.2) is 57.4 Å². The number of aliphatic hydroxyl groups is 1. The van der Waals surface area contributed by atoms with Gasteiger partial charge in [0.05, 0.1) is 26.0 Å². The molecule has 6 N–H and O–H groups in total. The number of H-pyrrole nitrogens is 3. The quantitative estimate of drug-likeness (QED) is 0.174. The molecule has 4 aliphatic rings. The van der Waals surface area contributed by atoms with E-state index in [0.29, 0.717) is 17.9 Å². The lowest BCUT2D eigenvalue weighted by Gasteiger charge is -2.22. The highest BCUT2D eigenvalue weighted by Crippen LogP contribution is 2.62. The molecule has 0 unspecified atom stereocenters. The summed E-state index contributed by atoms with van der Waals surface area (Å²) in [6, 6.07) is 0. The zero-order valence-corrected chi connectivity index (χ0v) is 26.8. The number of aliphatic hydroxyl groups excluding tert-OH is 1. The van der Waals surface area contributed by atoms with E-state index in [4.69, 9.17) is 9.47 Å². The Morgan fingerprint density at radius 1 is 1.04 bits per heavy atom. The van der Waals surface area contributed by atoms with Crippen LogP contribution in [0.5, 0.6) is 0 Å². The molecule has 0 radical (unpaired) electrons. The number of aromatic nitrogens is 3. The molecule has 6 heterocycles. The number of carboxylic acids is 1. The van der Waals surface area contributed by atoms with Gasteiger partial charge in [-0.05, 0) is 74.1 Å². The maximum absolute atomic E-state index is 13.6. The second-order valence-electron chi connectivity index (χ2n) is 12.8. The topological polar surface area (TPSA) is 156 Å². The fourth-order valence-corrected chi connectivity index (χ4v) is 8.15. The van der Waals surface area contributed by atoms with Gasteiger partial charge in [0, 0.05) is 74.1 Å². The Morgan fingerprint density at radius 3 is 2.39 bits per heavy atom. The normalized spacial score (nSPS) is 28.1. The van der Waals surface area contributed by atoms with Crippen molar-refractivity contribution in [3.63, 3.8) is 0 Å². The molecule has 0 saturated carbocycles. The Bertz CT molecular complexity index is 2010. The predicted molar refractivity (Wildman–Crippen MR) is 175 cm³/mol. The second kappa shape index (κ2) is 10.8. The van der Waals surface area contributed by atoms with Gasteiger partial charge in [-0.15, -0.1) is 0 Å². The molecule has 240 valence electrons. The van der Waals surface area contributed by atoms with Crippen LogP contribution in [0, 0.1) is 38.5 Å². The standard InChI is InChI=1S/C36H40N4O6/c1-7-19-17(4)24-12-28-22(14-41)21(9-10-29(42)43)33(40-28)30-32(35(44)45-6)36(15-46-36)31-18(5)25(39-34(30)31)13-27-20(8-2)16(3)23(37-27)11-26(19)38-24/h7,11-13,21-22,32,37-41H,1,8-10,14-15H2,2-6H3,(H,42,43)/b23-11-,27-13-,28-12-,33-30-/t21-,22-,32-,36+/m0/s1. The van der Waals surface area contributed by atoms with Gasteiger partial charge in [-0.3, -0.25) is 9.59 Å². The SMILES string of the molecule is C=Cc1c2[nH]c(c1C)/C=C1\N/C(=C3\c4[nH]c(c(C)c4[C@]4(CO4)[C@@H]3C(=O)OC)/C=c3\[nH]/c(c(C)c3CC)=C\2)[C@@H](CCC(=O)O)[C@@H]1CO. The fourth-order valence-electron chi connectivity index (χ4n) is 8.15. The zero-order valence-electron chi connectivity index (χ0n) is 26.8. The van der Waals surface area contributed by atoms with Gasteiger partial charge in [0.2, 0.25) is 0 Å². The third kappa shape index (κ3) is 4.23. The average Bonchev–Trinajstić information content (AvgIpc) is 3.21. The lowest BCUT2D eigenvalue weighted by atomic mass is 9.82. The molecular weight excluding hydrogens is 584 g/mol. The van der Waals surface area contributed by atoms with Crippen molar-refractivity contribution in [2.24, 2.45) is 17.8 Å². The fraction of sp³-hybridized carbons (Fsp3) is 0.389. The Labute approximate surface area is 266 Å². The van der Waals surface area contributed by atoms with Crippen LogP contribution in [0.15, 0.2) is 18.0 Å². The molecule has 0 amide bonds. The van der Waals surface area contributed by atoms with E-state index in [1.807, 2.05) is 26.0 Å². The number of allylic oxidation sites excluding steroid dienone is 1. The number of carboxylic acid groups (broad SMARTS) is 1. The number of carbonyl (C=O) groups is 2. The van der Waals surface area contributed by atoms with Crippen LogP contribution in [0.4, 0.5) is 0 Å². The van der Waals surface area contributed by atoms with Crippen LogP contribution in [0.1, 0.15) is 75.9 Å². The number of epoxide rings is 1. The molecule has 46 heavy (non-hydrogen) atoms. The highest BCUT2D eigenvalue weighted by Gasteiger charge is 2.66. The lowest BCUT2D eigenvalue weighted by Crippen LogP contribution is -2.29. The molecule has 3 aromatic heterocycles. The summed E-state index contributed by atoms with van der Waals surface area (Å²) in [6.07, 6.45) is 9.08. The molecule has 10 heteroatoms. The summed E-state index contributed by atoms with van der Waals surface area (Å²) in [6.45, 7) is 12.6. The van der Waals surface area contributed by atoms with Crippen molar-refractivity contribution in [2.45, 2.75) is 52.6 Å². The number of aromatic amines is 3. The van der Waals surface area contributed by atoms with Crippen molar-refractivity contribution in [2.75, 3.05) is 20.3 Å². The summed E-state index contributed by atoms with van der Waals surface area (Å²) in [4.78, 5) is 36.4. The van der Waals surface area contributed by atoms with Crippen LogP contribution in [0.2, 0.25) is 0 Å². The number of hydrogen-bond acceptors (Lipinski definition) is 6. The summed E-state index contributed by atoms with van der Waals surface area (Å²) in [7, 11) is 1.38. The minimum atomic E-state index is -0.925. The van der Waals surface area contributed by atoms with E-state index in [1.54, 1.807) is 0 Å². The molecule has 7 rings (SSSR count). The first-order valence-corrected chi connectivity index (χ1v) is 15.8. The Hall–Kier alpha value is -4.54. The van der Waals surface area contributed by atoms with Gasteiger partial charge in [0.1, 0.15) is 11.5 Å². The number of hydrogen-bond donors (Lipinski definition) is 6. The first-order valence-electron chi connectivity index (χ1n) is 15.8. The van der Waals surface area contributed by atoms with E-state index in [1.165, 1.54) is 12.7 Å². The van der Waals surface area contributed by atoms with E-state index in [-0.39, 0.29) is 19.4 Å². The van der Waals surface area contributed by atoms with E-state index < -0.39 is 35.3 Å². The van der Waals surface area contributed by atoms with Crippen molar-refractivity contribution in [1.82, 2.24) is 20.3 Å². The molecule has 1 spiro atoms. The largest absolute Gasteiger partial charge is 0.481 e. The van der Waals surface area contributed by atoms with Gasteiger partial charge in [0.15, 0.2) is 0 Å². The number of carbonyl (C=O) groups excluding carboxylic acids is 1. The number of nitrogens with one attached hydrogen (secondary N) is 4. The van der Waals surface area contributed by atoms with Crippen molar-refractivity contribution in [3.8, 4) is 0 Å². The minimum Gasteiger partial charge on any atom is -0.481 e. The van der Waals surface area contributed by atoms with Gasteiger partial charge in [-0.25, -0.2) is 0 Å². The molecule has 3 aliphatic heterocycles. The maximum atomic E-state index is 13.6. The molecule has 4 atom stereocenters. The van der Waals surface area contributed by atoms with Crippen LogP contribution in [-0.2, 0) is 31.1 Å². The summed E-state index contributed by atoms with van der Waals surface area (Å²) in [5.74, 6) is -2.94. The smallest absolute Gasteiger partial charge is 0.316 e. The van der Waals surface area contributed by atoms with Crippen LogP contribution in [0.3, 0.4) is 0 Å². The van der Waals surface area contributed by atoms with Gasteiger partial charge in [-0.1, -0.05) is 19.6 Å². The Morgan fingerprint density at radius 2 is 1.76 bits per heavy atom. The maximum Gasteiger partial charge on any atom is 0.316 e. The monoisotopic (exact) mass is 624 g/mol. The molecule has 10 nitrogen and oxygen atoms in total. The summed E-state index contributed by atoms with van der Waals surface area (Å²) >= 11 is 0. The zero-order chi connectivity index (χ0) is 32.7. The van der Waals surface area contributed by atoms with Crippen LogP contribution >= 0.6 is 0 Å². The van der Waals surface area contributed by atoms with Gasteiger partial charge < -0.3 is 40.0 Å². The first-order chi connectivity index (χ1) is 22.1. The Kier molecular flexibility index (Phi) is 7.06.